The predicted octanol–water partition coefficient (Wildman–Crippen LogP) is 3.63. The second kappa shape index (κ2) is 6.40. The smallest absolute Gasteiger partial charge is 0.181 e. The molecule has 2 rings (SSSR count). The molecular weight excluding hydrogens is 248 g/mol. The highest BCUT2D eigenvalue weighted by atomic mass is 16.5. The average molecular weight is 268 g/mol. The Balaban J connectivity index is 2.44. The van der Waals surface area contributed by atoms with Crippen LogP contribution in [0.2, 0.25) is 0 Å². The van der Waals surface area contributed by atoms with Gasteiger partial charge in [-0.3, -0.25) is 0 Å². The third-order valence-corrected chi connectivity index (χ3v) is 3.17. The monoisotopic (exact) mass is 268 g/mol. The molecule has 2 aromatic rings. The number of rotatable bonds is 5. The van der Waals surface area contributed by atoms with Gasteiger partial charge in [0.05, 0.1) is 0 Å². The molecule has 0 bridgehead atoms. The first kappa shape index (κ1) is 14.4. The minimum Gasteiger partial charge on any atom is -0.476 e. The van der Waals surface area contributed by atoms with E-state index in [2.05, 4.69) is 37.4 Å². The lowest BCUT2D eigenvalue weighted by atomic mass is 10.0. The van der Waals surface area contributed by atoms with Gasteiger partial charge in [0.25, 0.3) is 0 Å². The molecule has 0 saturated carbocycles. The fourth-order valence-electron chi connectivity index (χ4n) is 2.13. The number of hydrogen-bond acceptors (Lipinski definition) is 3. The largest absolute Gasteiger partial charge is 0.476 e. The number of fused-ring (bicyclic) bond motifs is 1. The first-order chi connectivity index (χ1) is 9.61. The van der Waals surface area contributed by atoms with Crippen LogP contribution in [0.1, 0.15) is 26.3 Å². The minimum atomic E-state index is -0.450. The number of ether oxygens (including phenoxy) is 1. The van der Waals surface area contributed by atoms with E-state index in [1.807, 2.05) is 24.3 Å². The summed E-state index contributed by atoms with van der Waals surface area (Å²) in [4.78, 5) is 0. The van der Waals surface area contributed by atoms with Crippen LogP contribution < -0.4 is 10.1 Å². The summed E-state index contributed by atoms with van der Waals surface area (Å²) >= 11 is 0. The molecule has 20 heavy (non-hydrogen) atoms. The second-order valence-corrected chi connectivity index (χ2v) is 5.19. The lowest BCUT2D eigenvalue weighted by Crippen LogP contribution is -2.23. The molecule has 0 aliphatic heterocycles. The van der Waals surface area contributed by atoms with Crippen molar-refractivity contribution in [3.63, 3.8) is 0 Å². The fraction of sp³-hybridized carbons (Fsp3) is 0.353. The van der Waals surface area contributed by atoms with E-state index in [0.717, 1.165) is 17.9 Å². The maximum atomic E-state index is 8.93. The van der Waals surface area contributed by atoms with Gasteiger partial charge in [0.15, 0.2) is 6.10 Å². The van der Waals surface area contributed by atoms with E-state index in [1.54, 1.807) is 6.92 Å². The van der Waals surface area contributed by atoms with E-state index in [1.165, 1.54) is 10.8 Å². The summed E-state index contributed by atoms with van der Waals surface area (Å²) in [6.45, 7) is 6.72. The molecule has 1 unspecified atom stereocenters. The van der Waals surface area contributed by atoms with Gasteiger partial charge in [0.1, 0.15) is 11.8 Å². The molecule has 0 spiro atoms. The van der Waals surface area contributed by atoms with Gasteiger partial charge < -0.3 is 10.1 Å². The molecule has 2 aromatic carbocycles. The van der Waals surface area contributed by atoms with E-state index < -0.39 is 6.10 Å². The summed E-state index contributed by atoms with van der Waals surface area (Å²) in [5.74, 6) is 0.783. The summed E-state index contributed by atoms with van der Waals surface area (Å²) in [6.07, 6.45) is -0.450. The van der Waals surface area contributed by atoms with Crippen molar-refractivity contribution in [2.24, 2.45) is 0 Å². The van der Waals surface area contributed by atoms with Crippen molar-refractivity contribution in [3.8, 4) is 11.8 Å². The zero-order valence-electron chi connectivity index (χ0n) is 12.2. The van der Waals surface area contributed by atoms with Crippen LogP contribution in [-0.4, -0.2) is 12.1 Å². The van der Waals surface area contributed by atoms with Gasteiger partial charge >= 0.3 is 0 Å². The molecule has 0 aliphatic rings. The van der Waals surface area contributed by atoms with Crippen LogP contribution >= 0.6 is 0 Å². The van der Waals surface area contributed by atoms with E-state index in [9.17, 15) is 0 Å². The predicted molar refractivity (Wildman–Crippen MR) is 81.6 cm³/mol. The van der Waals surface area contributed by atoms with E-state index in [-0.39, 0.29) is 0 Å². The van der Waals surface area contributed by atoms with Crippen molar-refractivity contribution in [2.45, 2.75) is 39.5 Å². The number of benzene rings is 2. The summed E-state index contributed by atoms with van der Waals surface area (Å²) in [6, 6.07) is 14.7. The minimum absolute atomic E-state index is 0.398. The molecule has 0 amide bonds. The third kappa shape index (κ3) is 3.28. The van der Waals surface area contributed by atoms with Gasteiger partial charge in [0.2, 0.25) is 0 Å². The van der Waals surface area contributed by atoms with E-state index in [4.69, 9.17) is 10.00 Å². The van der Waals surface area contributed by atoms with Crippen LogP contribution in [0.5, 0.6) is 5.75 Å². The summed E-state index contributed by atoms with van der Waals surface area (Å²) in [7, 11) is 0. The zero-order chi connectivity index (χ0) is 14.5. The van der Waals surface area contributed by atoms with E-state index in [0.29, 0.717) is 6.04 Å². The maximum Gasteiger partial charge on any atom is 0.181 e. The van der Waals surface area contributed by atoms with Crippen molar-refractivity contribution in [2.75, 3.05) is 0 Å². The SMILES string of the molecule is CC(C)NCc1c(OC(C)C#N)ccc2ccccc12. The van der Waals surface area contributed by atoms with E-state index >= 15 is 0 Å². The van der Waals surface area contributed by atoms with Crippen molar-refractivity contribution < 1.29 is 4.74 Å². The molecule has 3 heteroatoms. The van der Waals surface area contributed by atoms with Gasteiger partial charge in [0, 0.05) is 18.2 Å². The van der Waals surface area contributed by atoms with Crippen molar-refractivity contribution in [1.82, 2.24) is 5.32 Å². The number of nitriles is 1. The topological polar surface area (TPSA) is 45.0 Å². The van der Waals surface area contributed by atoms with Crippen LogP contribution in [0.3, 0.4) is 0 Å². The van der Waals surface area contributed by atoms with Crippen LogP contribution in [0.25, 0.3) is 10.8 Å². The molecule has 3 nitrogen and oxygen atoms in total. The molecule has 0 saturated heterocycles. The van der Waals surface area contributed by atoms with Crippen LogP contribution in [0.4, 0.5) is 0 Å². The highest BCUT2D eigenvalue weighted by Crippen LogP contribution is 2.28. The number of nitrogens with zero attached hydrogens (tertiary/aromatic N) is 1. The molecular formula is C17H20N2O. The lowest BCUT2D eigenvalue weighted by Gasteiger charge is -2.17. The first-order valence-electron chi connectivity index (χ1n) is 6.92. The average Bonchev–Trinajstić information content (AvgIpc) is 2.45. The highest BCUT2D eigenvalue weighted by molar-refractivity contribution is 5.87. The number of nitrogens with one attached hydrogen (secondary N) is 1. The summed E-state index contributed by atoms with van der Waals surface area (Å²) < 4.78 is 5.73. The van der Waals surface area contributed by atoms with Crippen molar-refractivity contribution in [3.05, 3.63) is 42.0 Å². The Morgan fingerprint density at radius 1 is 1.15 bits per heavy atom. The number of hydrogen-bond donors (Lipinski definition) is 1. The molecule has 0 radical (unpaired) electrons. The molecule has 0 aromatic heterocycles. The third-order valence-electron chi connectivity index (χ3n) is 3.17. The lowest BCUT2D eigenvalue weighted by molar-refractivity contribution is 0.273. The normalized spacial score (nSPS) is 12.3. The fourth-order valence-corrected chi connectivity index (χ4v) is 2.13. The molecule has 104 valence electrons. The second-order valence-electron chi connectivity index (χ2n) is 5.19. The molecule has 1 N–H and O–H groups in total. The van der Waals surface area contributed by atoms with Crippen LogP contribution in [0.15, 0.2) is 36.4 Å². The standard InChI is InChI=1S/C17H20N2O/c1-12(2)19-11-16-15-7-5-4-6-14(15)8-9-17(16)20-13(3)10-18/h4-9,12-13,19H,11H2,1-3H3. The Bertz CT molecular complexity index is 628. The van der Waals surface area contributed by atoms with Crippen LogP contribution in [-0.2, 0) is 6.54 Å². The Morgan fingerprint density at radius 2 is 1.90 bits per heavy atom. The van der Waals surface area contributed by atoms with Gasteiger partial charge in [-0.15, -0.1) is 0 Å². The molecule has 0 fully saturated rings. The van der Waals surface area contributed by atoms with Crippen molar-refractivity contribution in [1.29, 1.82) is 5.26 Å². The zero-order valence-corrected chi connectivity index (χ0v) is 12.2. The molecule has 0 aliphatic carbocycles. The van der Waals surface area contributed by atoms with Gasteiger partial charge in [-0.2, -0.15) is 5.26 Å². The Kier molecular flexibility index (Phi) is 4.60. The molecule has 0 heterocycles. The van der Waals surface area contributed by atoms with Crippen LogP contribution in [0, 0.1) is 11.3 Å². The van der Waals surface area contributed by atoms with Gasteiger partial charge in [-0.25, -0.2) is 0 Å². The van der Waals surface area contributed by atoms with Gasteiger partial charge in [-0.1, -0.05) is 44.2 Å². The van der Waals surface area contributed by atoms with Gasteiger partial charge in [-0.05, 0) is 23.8 Å². The Morgan fingerprint density at radius 3 is 2.60 bits per heavy atom. The summed E-state index contributed by atoms with van der Waals surface area (Å²) in [5, 5.41) is 14.7. The first-order valence-corrected chi connectivity index (χ1v) is 6.92. The quantitative estimate of drug-likeness (QED) is 0.900. The maximum absolute atomic E-state index is 8.93. The Hall–Kier alpha value is -2.05. The summed E-state index contributed by atoms with van der Waals surface area (Å²) in [5.41, 5.74) is 1.11. The highest BCUT2D eigenvalue weighted by Gasteiger charge is 2.11. The molecule has 1 atom stereocenters. The Labute approximate surface area is 120 Å². The van der Waals surface area contributed by atoms with Crippen molar-refractivity contribution >= 4 is 10.8 Å².